The number of amides is 1. The minimum absolute atomic E-state index is 0.0631. The predicted octanol–water partition coefficient (Wildman–Crippen LogP) is 2.39. The summed E-state index contributed by atoms with van der Waals surface area (Å²) in [6.45, 7) is 1.62. The molecule has 2 N–H and O–H groups in total. The summed E-state index contributed by atoms with van der Waals surface area (Å²) >= 11 is 1.38. The predicted molar refractivity (Wildman–Crippen MR) is 95.5 cm³/mol. The van der Waals surface area contributed by atoms with E-state index in [-0.39, 0.29) is 11.3 Å². The number of aromatic amines is 1. The highest BCUT2D eigenvalue weighted by atomic mass is 32.1. The Morgan fingerprint density at radius 2 is 2.08 bits per heavy atom. The number of rotatable bonds is 5. The van der Waals surface area contributed by atoms with Crippen molar-refractivity contribution in [1.82, 2.24) is 15.0 Å². The third-order valence-corrected chi connectivity index (χ3v) is 4.32. The molecule has 0 bridgehead atoms. The molecule has 0 fully saturated rings. The quantitative estimate of drug-likeness (QED) is 0.732. The van der Waals surface area contributed by atoms with Gasteiger partial charge in [-0.1, -0.05) is 12.1 Å². The number of aryl methyl sites for hydroxylation is 1. The number of aromatic nitrogens is 3. The van der Waals surface area contributed by atoms with Crippen LogP contribution in [0.1, 0.15) is 26.8 Å². The number of carbonyl (C=O) groups is 1. The average Bonchev–Trinajstić information content (AvgIpc) is 3.01. The maximum atomic E-state index is 12.2. The van der Waals surface area contributed by atoms with Gasteiger partial charge in [0.25, 0.3) is 11.5 Å². The highest BCUT2D eigenvalue weighted by Gasteiger charge is 2.12. The van der Waals surface area contributed by atoms with Gasteiger partial charge in [0, 0.05) is 23.6 Å². The summed E-state index contributed by atoms with van der Waals surface area (Å²) in [4.78, 5) is 35.3. The Balaban J connectivity index is 1.68. The van der Waals surface area contributed by atoms with Crippen molar-refractivity contribution in [3.63, 3.8) is 0 Å². The van der Waals surface area contributed by atoms with Gasteiger partial charge < -0.3 is 9.72 Å². The van der Waals surface area contributed by atoms with Crippen LogP contribution < -0.4 is 15.6 Å². The van der Waals surface area contributed by atoms with E-state index in [1.807, 2.05) is 24.3 Å². The molecule has 3 rings (SSSR count). The third kappa shape index (κ3) is 4.30. The minimum atomic E-state index is -0.459. The van der Waals surface area contributed by atoms with Gasteiger partial charge in [-0.25, -0.2) is 9.97 Å². The lowest BCUT2D eigenvalue weighted by Gasteiger charge is -2.02. The highest BCUT2D eigenvalue weighted by molar-refractivity contribution is 7.15. The monoisotopic (exact) mass is 356 g/mol. The molecule has 0 radical (unpaired) electrons. The molecule has 0 atom stereocenters. The van der Waals surface area contributed by atoms with Gasteiger partial charge in [0.1, 0.15) is 17.3 Å². The number of methoxy groups -OCH3 is 1. The SMILES string of the molecule is COc1ccc(Cc2cnc(NC(=O)c3cc(=O)[nH]c(C)n3)s2)cc1. The zero-order valence-corrected chi connectivity index (χ0v) is 14.5. The van der Waals surface area contributed by atoms with Crippen LogP contribution in [0, 0.1) is 6.92 Å². The first kappa shape index (κ1) is 16.8. The first-order chi connectivity index (χ1) is 12.0. The van der Waals surface area contributed by atoms with Gasteiger partial charge in [-0.05, 0) is 24.6 Å². The molecule has 0 aliphatic carbocycles. The van der Waals surface area contributed by atoms with Gasteiger partial charge in [0.15, 0.2) is 5.13 Å². The van der Waals surface area contributed by atoms with Crippen molar-refractivity contribution >= 4 is 22.4 Å². The van der Waals surface area contributed by atoms with Gasteiger partial charge in [-0.3, -0.25) is 14.9 Å². The smallest absolute Gasteiger partial charge is 0.276 e. The number of carbonyl (C=O) groups excluding carboxylic acids is 1. The van der Waals surface area contributed by atoms with Crippen LogP contribution in [-0.4, -0.2) is 28.0 Å². The molecule has 0 saturated carbocycles. The van der Waals surface area contributed by atoms with Crippen molar-refractivity contribution in [1.29, 1.82) is 0 Å². The van der Waals surface area contributed by atoms with Crippen molar-refractivity contribution in [3.05, 3.63) is 68.8 Å². The van der Waals surface area contributed by atoms with Crippen molar-refractivity contribution in [3.8, 4) is 5.75 Å². The molecule has 1 aromatic carbocycles. The Bertz CT molecular complexity index is 947. The van der Waals surface area contributed by atoms with Gasteiger partial charge in [-0.15, -0.1) is 11.3 Å². The number of nitrogens with zero attached hydrogens (tertiary/aromatic N) is 2. The fourth-order valence-electron chi connectivity index (χ4n) is 2.25. The normalized spacial score (nSPS) is 10.5. The number of benzene rings is 1. The second kappa shape index (κ2) is 7.27. The van der Waals surface area contributed by atoms with Crippen LogP contribution in [0.25, 0.3) is 0 Å². The van der Waals surface area contributed by atoms with E-state index in [1.54, 1.807) is 20.2 Å². The molecule has 0 unspecified atom stereocenters. The molecule has 3 aromatic rings. The second-order valence-electron chi connectivity index (χ2n) is 5.33. The lowest BCUT2D eigenvalue weighted by Crippen LogP contribution is -2.19. The topological polar surface area (TPSA) is 97.0 Å². The molecule has 2 heterocycles. The Kier molecular flexibility index (Phi) is 4.90. The fraction of sp³-hybridized carbons (Fsp3) is 0.176. The second-order valence-corrected chi connectivity index (χ2v) is 6.44. The van der Waals surface area contributed by atoms with E-state index in [4.69, 9.17) is 4.74 Å². The van der Waals surface area contributed by atoms with Crippen molar-refractivity contribution in [2.45, 2.75) is 13.3 Å². The Hall–Kier alpha value is -3.00. The van der Waals surface area contributed by atoms with Crippen LogP contribution in [0.3, 0.4) is 0 Å². The zero-order valence-electron chi connectivity index (χ0n) is 13.7. The van der Waals surface area contributed by atoms with Crippen molar-refractivity contribution < 1.29 is 9.53 Å². The first-order valence-electron chi connectivity index (χ1n) is 7.50. The fourth-order valence-corrected chi connectivity index (χ4v) is 3.09. The summed E-state index contributed by atoms with van der Waals surface area (Å²) in [7, 11) is 1.63. The van der Waals surface area contributed by atoms with Crippen LogP contribution in [0.15, 0.2) is 41.3 Å². The van der Waals surface area contributed by atoms with E-state index in [2.05, 4.69) is 20.3 Å². The lowest BCUT2D eigenvalue weighted by atomic mass is 10.1. The maximum Gasteiger partial charge on any atom is 0.276 e. The van der Waals surface area contributed by atoms with Crippen molar-refractivity contribution in [2.24, 2.45) is 0 Å². The summed E-state index contributed by atoms with van der Waals surface area (Å²) in [6.07, 6.45) is 2.43. The Morgan fingerprint density at radius 1 is 1.32 bits per heavy atom. The van der Waals surface area contributed by atoms with E-state index in [1.165, 1.54) is 11.3 Å². The summed E-state index contributed by atoms with van der Waals surface area (Å²) in [5.41, 5.74) is 0.819. The Labute approximate surface area is 147 Å². The molecule has 128 valence electrons. The molecule has 0 aliphatic heterocycles. The average molecular weight is 356 g/mol. The largest absolute Gasteiger partial charge is 0.497 e. The van der Waals surface area contributed by atoms with E-state index in [0.717, 1.165) is 22.3 Å². The number of hydrogen-bond acceptors (Lipinski definition) is 6. The van der Waals surface area contributed by atoms with Gasteiger partial charge in [-0.2, -0.15) is 0 Å². The summed E-state index contributed by atoms with van der Waals surface area (Å²) < 4.78 is 5.14. The van der Waals surface area contributed by atoms with Crippen LogP contribution >= 0.6 is 11.3 Å². The molecule has 0 spiro atoms. The highest BCUT2D eigenvalue weighted by Crippen LogP contribution is 2.22. The van der Waals surface area contributed by atoms with E-state index >= 15 is 0 Å². The van der Waals surface area contributed by atoms with Crippen LogP contribution in [0.4, 0.5) is 5.13 Å². The standard InChI is InChI=1S/C17H16N4O3S/c1-10-19-14(8-15(22)20-10)16(23)21-17-18-9-13(25-17)7-11-3-5-12(24-2)6-4-11/h3-6,8-9H,7H2,1-2H3,(H,18,21,23)(H,19,20,22). The number of H-pyrrole nitrogens is 1. The van der Waals surface area contributed by atoms with Gasteiger partial charge in [0.2, 0.25) is 0 Å². The molecule has 0 aliphatic rings. The van der Waals surface area contributed by atoms with Crippen molar-refractivity contribution in [2.75, 3.05) is 12.4 Å². The number of anilines is 1. The molecule has 25 heavy (non-hydrogen) atoms. The molecule has 8 heteroatoms. The van der Waals surface area contributed by atoms with Gasteiger partial charge >= 0.3 is 0 Å². The molecule has 1 amide bonds. The lowest BCUT2D eigenvalue weighted by molar-refractivity contribution is 0.102. The summed E-state index contributed by atoms with van der Waals surface area (Å²) in [6, 6.07) is 8.94. The van der Waals surface area contributed by atoms with Crippen LogP contribution in [-0.2, 0) is 6.42 Å². The van der Waals surface area contributed by atoms with Crippen LogP contribution in [0.2, 0.25) is 0 Å². The molecule has 2 aromatic heterocycles. The van der Waals surface area contributed by atoms with E-state index in [0.29, 0.717) is 17.4 Å². The summed E-state index contributed by atoms with van der Waals surface area (Å²) in [5.74, 6) is 0.734. The Morgan fingerprint density at radius 3 is 2.76 bits per heavy atom. The van der Waals surface area contributed by atoms with Crippen LogP contribution in [0.5, 0.6) is 5.75 Å². The number of nitrogens with one attached hydrogen (secondary N) is 2. The molecule has 0 saturated heterocycles. The zero-order chi connectivity index (χ0) is 17.8. The summed E-state index contributed by atoms with van der Waals surface area (Å²) in [5, 5.41) is 3.14. The molecular weight excluding hydrogens is 340 g/mol. The van der Waals surface area contributed by atoms with Gasteiger partial charge in [0.05, 0.1) is 7.11 Å². The maximum absolute atomic E-state index is 12.2. The first-order valence-corrected chi connectivity index (χ1v) is 8.32. The number of hydrogen-bond donors (Lipinski definition) is 2. The van der Waals surface area contributed by atoms with E-state index < -0.39 is 5.91 Å². The third-order valence-electron chi connectivity index (χ3n) is 3.40. The number of ether oxygens (including phenoxy) is 1. The molecule has 7 nitrogen and oxygen atoms in total. The van der Waals surface area contributed by atoms with E-state index in [9.17, 15) is 9.59 Å². The minimum Gasteiger partial charge on any atom is -0.497 e. The molecular formula is C17H16N4O3S. The number of thiazole rings is 1.